The SMILES string of the molecule is CC1(C)COC2(CCNC2)OC1. The molecule has 0 bridgehead atoms. The van der Waals surface area contributed by atoms with E-state index in [0.29, 0.717) is 0 Å². The number of hydrogen-bond acceptors (Lipinski definition) is 3. The molecule has 0 unspecified atom stereocenters. The second-order valence-electron chi connectivity index (χ2n) is 4.58. The third-order valence-electron chi connectivity index (χ3n) is 2.53. The molecule has 0 radical (unpaired) electrons. The summed E-state index contributed by atoms with van der Waals surface area (Å²) in [4.78, 5) is 0. The Balaban J connectivity index is 1.97. The monoisotopic (exact) mass is 171 g/mol. The van der Waals surface area contributed by atoms with Gasteiger partial charge in [0.1, 0.15) is 0 Å². The summed E-state index contributed by atoms with van der Waals surface area (Å²) in [6.45, 7) is 7.83. The average molecular weight is 171 g/mol. The van der Waals surface area contributed by atoms with Crippen molar-refractivity contribution in [3.63, 3.8) is 0 Å². The molecular weight excluding hydrogens is 154 g/mol. The highest BCUT2D eigenvalue weighted by Crippen LogP contribution is 2.32. The lowest BCUT2D eigenvalue weighted by Crippen LogP contribution is -2.48. The van der Waals surface area contributed by atoms with Crippen molar-refractivity contribution in [1.82, 2.24) is 5.32 Å². The van der Waals surface area contributed by atoms with Gasteiger partial charge in [0.2, 0.25) is 0 Å². The average Bonchev–Trinajstić information content (AvgIpc) is 2.46. The first kappa shape index (κ1) is 8.48. The van der Waals surface area contributed by atoms with Gasteiger partial charge in [0.25, 0.3) is 0 Å². The molecule has 2 saturated heterocycles. The summed E-state index contributed by atoms with van der Waals surface area (Å²) in [7, 11) is 0. The first-order chi connectivity index (χ1) is 5.62. The van der Waals surface area contributed by atoms with E-state index in [0.717, 1.165) is 32.7 Å². The molecular formula is C9H17NO2. The van der Waals surface area contributed by atoms with Crippen molar-refractivity contribution in [1.29, 1.82) is 0 Å². The maximum absolute atomic E-state index is 5.76. The Bertz CT molecular complexity index is 161. The molecule has 0 amide bonds. The van der Waals surface area contributed by atoms with Gasteiger partial charge in [-0.1, -0.05) is 13.8 Å². The normalized spacial score (nSPS) is 32.5. The molecule has 0 saturated carbocycles. The molecule has 2 aliphatic rings. The van der Waals surface area contributed by atoms with Gasteiger partial charge in [-0.2, -0.15) is 0 Å². The van der Waals surface area contributed by atoms with Crippen LogP contribution in [0.4, 0.5) is 0 Å². The van der Waals surface area contributed by atoms with Gasteiger partial charge in [0, 0.05) is 24.9 Å². The van der Waals surface area contributed by atoms with Crippen molar-refractivity contribution in [2.45, 2.75) is 26.1 Å². The van der Waals surface area contributed by atoms with Crippen LogP contribution < -0.4 is 5.32 Å². The maximum Gasteiger partial charge on any atom is 0.181 e. The number of rotatable bonds is 0. The van der Waals surface area contributed by atoms with Crippen LogP contribution >= 0.6 is 0 Å². The minimum Gasteiger partial charge on any atom is -0.348 e. The maximum atomic E-state index is 5.76. The van der Waals surface area contributed by atoms with Crippen molar-refractivity contribution in [2.75, 3.05) is 26.3 Å². The highest BCUT2D eigenvalue weighted by atomic mass is 16.7. The molecule has 2 aliphatic heterocycles. The zero-order chi connectivity index (χ0) is 8.66. The fraction of sp³-hybridized carbons (Fsp3) is 1.00. The van der Waals surface area contributed by atoms with Gasteiger partial charge in [0.05, 0.1) is 13.2 Å². The zero-order valence-corrected chi connectivity index (χ0v) is 7.85. The second kappa shape index (κ2) is 2.69. The van der Waals surface area contributed by atoms with Gasteiger partial charge < -0.3 is 14.8 Å². The number of nitrogens with one attached hydrogen (secondary N) is 1. The Labute approximate surface area is 73.4 Å². The van der Waals surface area contributed by atoms with Crippen LogP contribution in [0.3, 0.4) is 0 Å². The van der Waals surface area contributed by atoms with Gasteiger partial charge in [-0.25, -0.2) is 0 Å². The molecule has 70 valence electrons. The van der Waals surface area contributed by atoms with Crippen LogP contribution in [0.1, 0.15) is 20.3 Å². The topological polar surface area (TPSA) is 30.5 Å². The van der Waals surface area contributed by atoms with Crippen LogP contribution in [0.15, 0.2) is 0 Å². The molecule has 1 N–H and O–H groups in total. The molecule has 0 aromatic carbocycles. The van der Waals surface area contributed by atoms with Gasteiger partial charge >= 0.3 is 0 Å². The Hall–Kier alpha value is -0.120. The minimum absolute atomic E-state index is 0.188. The summed E-state index contributed by atoms with van der Waals surface area (Å²) < 4.78 is 11.5. The van der Waals surface area contributed by atoms with Crippen molar-refractivity contribution >= 4 is 0 Å². The van der Waals surface area contributed by atoms with Crippen LogP contribution in [-0.4, -0.2) is 32.1 Å². The molecule has 3 nitrogen and oxygen atoms in total. The number of ether oxygens (including phenoxy) is 2. The summed E-state index contributed by atoms with van der Waals surface area (Å²) >= 11 is 0. The Morgan fingerprint density at radius 2 is 1.83 bits per heavy atom. The molecule has 2 fully saturated rings. The molecule has 0 atom stereocenters. The van der Waals surface area contributed by atoms with Gasteiger partial charge in [0.15, 0.2) is 5.79 Å². The molecule has 2 rings (SSSR count). The van der Waals surface area contributed by atoms with E-state index in [9.17, 15) is 0 Å². The van der Waals surface area contributed by atoms with Crippen LogP contribution in [0, 0.1) is 5.41 Å². The lowest BCUT2D eigenvalue weighted by atomic mass is 9.94. The van der Waals surface area contributed by atoms with E-state index in [1.165, 1.54) is 0 Å². The second-order valence-corrected chi connectivity index (χ2v) is 4.58. The van der Waals surface area contributed by atoms with Crippen LogP contribution in [0.5, 0.6) is 0 Å². The van der Waals surface area contributed by atoms with Crippen molar-refractivity contribution in [2.24, 2.45) is 5.41 Å². The molecule has 0 aromatic rings. The summed E-state index contributed by atoms with van der Waals surface area (Å²) in [5, 5.41) is 3.26. The number of hydrogen-bond donors (Lipinski definition) is 1. The molecule has 1 spiro atoms. The fourth-order valence-corrected chi connectivity index (χ4v) is 1.63. The predicted molar refractivity (Wildman–Crippen MR) is 45.9 cm³/mol. The lowest BCUT2D eigenvalue weighted by Gasteiger charge is -2.40. The third-order valence-corrected chi connectivity index (χ3v) is 2.53. The van der Waals surface area contributed by atoms with Crippen LogP contribution in [0.2, 0.25) is 0 Å². The highest BCUT2D eigenvalue weighted by molar-refractivity contribution is 4.86. The van der Waals surface area contributed by atoms with Gasteiger partial charge in [-0.3, -0.25) is 0 Å². The van der Waals surface area contributed by atoms with E-state index in [2.05, 4.69) is 19.2 Å². The largest absolute Gasteiger partial charge is 0.348 e. The predicted octanol–water partition coefficient (Wildman–Crippen LogP) is 0.749. The van der Waals surface area contributed by atoms with Gasteiger partial charge in [-0.05, 0) is 0 Å². The van der Waals surface area contributed by atoms with E-state index in [1.807, 2.05) is 0 Å². The Morgan fingerprint density at radius 1 is 1.17 bits per heavy atom. The van der Waals surface area contributed by atoms with Crippen molar-refractivity contribution < 1.29 is 9.47 Å². The molecule has 12 heavy (non-hydrogen) atoms. The first-order valence-corrected chi connectivity index (χ1v) is 4.61. The first-order valence-electron chi connectivity index (χ1n) is 4.61. The standard InChI is InChI=1S/C9H17NO2/c1-8(2)6-11-9(12-7-8)3-4-10-5-9/h10H,3-7H2,1-2H3. The van der Waals surface area contributed by atoms with Crippen LogP contribution in [0.25, 0.3) is 0 Å². The summed E-state index contributed by atoms with van der Waals surface area (Å²) in [5.74, 6) is -0.282. The van der Waals surface area contributed by atoms with E-state index < -0.39 is 0 Å². The van der Waals surface area contributed by atoms with E-state index >= 15 is 0 Å². The molecule has 3 heteroatoms. The highest BCUT2D eigenvalue weighted by Gasteiger charge is 2.42. The quantitative estimate of drug-likeness (QED) is 0.583. The molecule has 2 heterocycles. The summed E-state index contributed by atoms with van der Waals surface area (Å²) in [6, 6.07) is 0. The van der Waals surface area contributed by atoms with E-state index in [1.54, 1.807) is 0 Å². The van der Waals surface area contributed by atoms with Crippen molar-refractivity contribution in [3.05, 3.63) is 0 Å². The lowest BCUT2D eigenvalue weighted by molar-refractivity contribution is -0.287. The minimum atomic E-state index is -0.282. The van der Waals surface area contributed by atoms with E-state index in [-0.39, 0.29) is 11.2 Å². The fourth-order valence-electron chi connectivity index (χ4n) is 1.63. The zero-order valence-electron chi connectivity index (χ0n) is 7.85. The molecule has 0 aliphatic carbocycles. The Morgan fingerprint density at radius 3 is 2.33 bits per heavy atom. The molecule has 0 aromatic heterocycles. The van der Waals surface area contributed by atoms with E-state index in [4.69, 9.17) is 9.47 Å². The summed E-state index contributed by atoms with van der Waals surface area (Å²) in [5.41, 5.74) is 0.188. The Kier molecular flexibility index (Phi) is 1.90. The third kappa shape index (κ3) is 1.49. The van der Waals surface area contributed by atoms with Crippen LogP contribution in [-0.2, 0) is 9.47 Å². The smallest absolute Gasteiger partial charge is 0.181 e. The summed E-state index contributed by atoms with van der Waals surface area (Å²) in [6.07, 6.45) is 0.989. The van der Waals surface area contributed by atoms with Crippen molar-refractivity contribution in [3.8, 4) is 0 Å². The van der Waals surface area contributed by atoms with Gasteiger partial charge in [-0.15, -0.1) is 0 Å².